The predicted molar refractivity (Wildman–Crippen MR) is 54.6 cm³/mol. The van der Waals surface area contributed by atoms with Crippen LogP contribution in [-0.2, 0) is 5.67 Å². The van der Waals surface area contributed by atoms with Crippen LogP contribution in [0.25, 0.3) is 0 Å². The molecule has 2 nitrogen and oxygen atoms in total. The second-order valence-electron chi connectivity index (χ2n) is 3.44. The van der Waals surface area contributed by atoms with E-state index in [1.54, 1.807) is 0 Å². The molecule has 0 fully saturated rings. The van der Waals surface area contributed by atoms with E-state index in [9.17, 15) is 26.3 Å². The lowest BCUT2D eigenvalue weighted by molar-refractivity contribution is -0.375. The molecule has 0 aliphatic heterocycles. The maximum absolute atomic E-state index is 13.7. The highest BCUT2D eigenvalue weighted by atomic mass is 79.9. The minimum absolute atomic E-state index is 0.0589. The molecule has 0 amide bonds. The van der Waals surface area contributed by atoms with Gasteiger partial charge in [0.2, 0.25) is 0 Å². The summed E-state index contributed by atoms with van der Waals surface area (Å²) in [5.74, 6) is 0. The first kappa shape index (κ1) is 15.1. The number of hydrogen-bond acceptors (Lipinski definition) is 2. The Morgan fingerprint density at radius 3 is 1.89 bits per heavy atom. The predicted octanol–water partition coefficient (Wildman–Crippen LogP) is 3.34. The van der Waals surface area contributed by atoms with E-state index in [1.807, 2.05) is 0 Å². The van der Waals surface area contributed by atoms with Gasteiger partial charge in [-0.15, -0.1) is 0 Å². The first-order valence-corrected chi connectivity index (χ1v) is 5.12. The maximum Gasteiger partial charge on any atom is 0.435 e. The van der Waals surface area contributed by atoms with Crippen molar-refractivity contribution in [3.63, 3.8) is 0 Å². The van der Waals surface area contributed by atoms with Gasteiger partial charge in [0.15, 0.2) is 0 Å². The zero-order valence-electron chi connectivity index (χ0n) is 8.40. The molecule has 1 aromatic rings. The zero-order chi connectivity index (χ0) is 14.4. The van der Waals surface area contributed by atoms with Gasteiger partial charge < -0.3 is 10.8 Å². The van der Waals surface area contributed by atoms with Crippen molar-refractivity contribution >= 4 is 21.6 Å². The van der Waals surface area contributed by atoms with Crippen molar-refractivity contribution in [2.75, 3.05) is 5.73 Å². The Bertz CT molecular complexity index is 441. The Kier molecular flexibility index (Phi) is 3.61. The normalized spacial score (nSPS) is 16.4. The third kappa shape index (κ3) is 2.28. The molecule has 0 radical (unpaired) electrons. The molecule has 0 saturated heterocycles. The highest BCUT2D eigenvalue weighted by Gasteiger charge is 2.72. The van der Waals surface area contributed by atoms with E-state index in [0.29, 0.717) is 6.07 Å². The lowest BCUT2D eigenvalue weighted by atomic mass is 9.93. The van der Waals surface area contributed by atoms with E-state index in [4.69, 9.17) is 10.8 Å². The van der Waals surface area contributed by atoms with Gasteiger partial charge in [-0.25, -0.2) is 4.39 Å². The third-order valence-corrected chi connectivity index (χ3v) is 2.83. The summed E-state index contributed by atoms with van der Waals surface area (Å²) in [6.45, 7) is 0. The second-order valence-corrected chi connectivity index (χ2v) is 4.29. The number of hydrogen-bond donors (Lipinski definition) is 2. The summed E-state index contributed by atoms with van der Waals surface area (Å²) in [7, 11) is 0. The average Bonchev–Trinajstić information content (AvgIpc) is 2.12. The van der Waals surface area contributed by atoms with E-state index >= 15 is 0 Å². The molecule has 1 atom stereocenters. The van der Waals surface area contributed by atoms with Crippen LogP contribution in [0.2, 0.25) is 0 Å². The standard InChI is InChI=1S/C9H6BrF6NO/c10-6-3-4(17)1-2-5(6)7(11,8(12,13)14)9(15,16)18/h1-3,18H,17H2. The number of alkyl halides is 6. The Morgan fingerprint density at radius 2 is 1.56 bits per heavy atom. The van der Waals surface area contributed by atoms with Gasteiger partial charge in [-0.2, -0.15) is 22.0 Å². The van der Waals surface area contributed by atoms with E-state index in [1.165, 1.54) is 0 Å². The largest absolute Gasteiger partial charge is 0.435 e. The topological polar surface area (TPSA) is 46.2 Å². The van der Waals surface area contributed by atoms with Crippen LogP contribution in [0.15, 0.2) is 22.7 Å². The fourth-order valence-electron chi connectivity index (χ4n) is 1.30. The van der Waals surface area contributed by atoms with Crippen LogP contribution in [0.4, 0.5) is 32.0 Å². The molecule has 0 heterocycles. The molecule has 0 bridgehead atoms. The Labute approximate surface area is 106 Å². The quantitative estimate of drug-likeness (QED) is 0.642. The molecule has 1 unspecified atom stereocenters. The average molecular weight is 338 g/mol. The molecular weight excluding hydrogens is 332 g/mol. The molecule has 18 heavy (non-hydrogen) atoms. The van der Waals surface area contributed by atoms with Crippen molar-refractivity contribution in [1.82, 2.24) is 0 Å². The minimum Gasteiger partial charge on any atom is -0.399 e. The number of rotatable bonds is 2. The number of anilines is 1. The first-order chi connectivity index (χ1) is 7.91. The number of halogens is 7. The smallest absolute Gasteiger partial charge is 0.399 e. The van der Waals surface area contributed by atoms with Crippen LogP contribution < -0.4 is 5.73 Å². The van der Waals surface area contributed by atoms with E-state index in [0.717, 1.165) is 12.1 Å². The van der Waals surface area contributed by atoms with Gasteiger partial charge in [0.1, 0.15) is 0 Å². The zero-order valence-corrected chi connectivity index (χ0v) is 9.99. The summed E-state index contributed by atoms with van der Waals surface area (Å²) in [6.07, 6.45) is -11.6. The molecule has 3 N–H and O–H groups in total. The molecule has 102 valence electrons. The van der Waals surface area contributed by atoms with Gasteiger partial charge in [-0.1, -0.05) is 22.0 Å². The summed E-state index contributed by atoms with van der Waals surface area (Å²) < 4.78 is 75.9. The van der Waals surface area contributed by atoms with Crippen molar-refractivity contribution in [2.24, 2.45) is 0 Å². The Hall–Kier alpha value is -0.960. The SMILES string of the molecule is Nc1ccc(C(F)(C(O)(F)F)C(F)(F)F)c(Br)c1. The van der Waals surface area contributed by atoms with Gasteiger partial charge in [0, 0.05) is 15.7 Å². The summed E-state index contributed by atoms with van der Waals surface area (Å²) in [5.41, 5.74) is -1.54. The molecule has 1 aromatic carbocycles. The van der Waals surface area contributed by atoms with Gasteiger partial charge in [-0.05, 0) is 12.1 Å². The lowest BCUT2D eigenvalue weighted by Crippen LogP contribution is -2.52. The fraction of sp³-hybridized carbons (Fsp3) is 0.333. The molecule has 0 aliphatic carbocycles. The van der Waals surface area contributed by atoms with E-state index < -0.39 is 28.0 Å². The molecule has 9 heteroatoms. The van der Waals surface area contributed by atoms with Crippen molar-refractivity contribution < 1.29 is 31.4 Å². The van der Waals surface area contributed by atoms with Crippen molar-refractivity contribution in [3.05, 3.63) is 28.2 Å². The number of nitrogen functional groups attached to an aromatic ring is 1. The third-order valence-electron chi connectivity index (χ3n) is 2.17. The molecule has 1 rings (SSSR count). The van der Waals surface area contributed by atoms with Gasteiger partial charge in [0.25, 0.3) is 0 Å². The highest BCUT2D eigenvalue weighted by Crippen LogP contribution is 2.53. The fourth-order valence-corrected chi connectivity index (χ4v) is 1.97. The number of nitrogens with two attached hydrogens (primary N) is 1. The van der Waals surface area contributed by atoms with Crippen LogP contribution in [0.5, 0.6) is 0 Å². The first-order valence-electron chi connectivity index (χ1n) is 4.32. The van der Waals surface area contributed by atoms with Crippen LogP contribution in [-0.4, -0.2) is 17.4 Å². The monoisotopic (exact) mass is 337 g/mol. The van der Waals surface area contributed by atoms with Crippen molar-refractivity contribution in [1.29, 1.82) is 0 Å². The molecule has 0 aromatic heterocycles. The number of benzene rings is 1. The van der Waals surface area contributed by atoms with Crippen LogP contribution in [0.1, 0.15) is 5.56 Å². The van der Waals surface area contributed by atoms with Crippen LogP contribution >= 0.6 is 15.9 Å². The molecular formula is C9H6BrF6NO. The van der Waals surface area contributed by atoms with Gasteiger partial charge >= 0.3 is 18.0 Å². The Balaban J connectivity index is 3.56. The molecule has 0 saturated carbocycles. The summed E-state index contributed by atoms with van der Waals surface area (Å²) in [4.78, 5) is 0. The highest BCUT2D eigenvalue weighted by molar-refractivity contribution is 9.10. The maximum atomic E-state index is 13.7. The lowest BCUT2D eigenvalue weighted by Gasteiger charge is -2.32. The van der Waals surface area contributed by atoms with Crippen LogP contribution in [0, 0.1) is 0 Å². The summed E-state index contributed by atoms with van der Waals surface area (Å²) in [5, 5.41) is 8.24. The van der Waals surface area contributed by atoms with Gasteiger partial charge in [0.05, 0.1) is 0 Å². The van der Waals surface area contributed by atoms with Crippen molar-refractivity contribution in [3.8, 4) is 0 Å². The Morgan fingerprint density at radius 1 is 1.06 bits per heavy atom. The van der Waals surface area contributed by atoms with E-state index in [-0.39, 0.29) is 5.69 Å². The summed E-state index contributed by atoms with van der Waals surface area (Å²) in [6, 6.07) is 2.06. The second kappa shape index (κ2) is 4.30. The molecule has 0 spiro atoms. The van der Waals surface area contributed by atoms with Crippen LogP contribution in [0.3, 0.4) is 0 Å². The van der Waals surface area contributed by atoms with Crippen molar-refractivity contribution in [2.45, 2.75) is 18.0 Å². The number of aliphatic hydroxyl groups is 1. The minimum atomic E-state index is -6.01. The van der Waals surface area contributed by atoms with E-state index in [2.05, 4.69) is 15.9 Å². The summed E-state index contributed by atoms with van der Waals surface area (Å²) >= 11 is 2.50. The molecule has 0 aliphatic rings. The van der Waals surface area contributed by atoms with Gasteiger partial charge in [-0.3, -0.25) is 0 Å².